The summed E-state index contributed by atoms with van der Waals surface area (Å²) in [5.41, 5.74) is 1.64. The lowest BCUT2D eigenvalue weighted by molar-refractivity contribution is -0.118. The van der Waals surface area contributed by atoms with Crippen molar-refractivity contribution in [2.45, 2.75) is 76.0 Å². The molecule has 0 N–H and O–H groups in total. The highest BCUT2D eigenvalue weighted by Crippen LogP contribution is 2.41. The van der Waals surface area contributed by atoms with Crippen molar-refractivity contribution in [3.8, 4) is 11.3 Å². The zero-order chi connectivity index (χ0) is 24.2. The smallest absolute Gasteiger partial charge is 0.227 e. The van der Waals surface area contributed by atoms with E-state index >= 15 is 0 Å². The van der Waals surface area contributed by atoms with Gasteiger partial charge in [-0.3, -0.25) is 4.79 Å². The molecule has 1 aromatic carbocycles. The summed E-state index contributed by atoms with van der Waals surface area (Å²) >= 11 is 0. The molecule has 184 valence electrons. The maximum Gasteiger partial charge on any atom is 0.227 e. The topological polar surface area (TPSA) is 85.3 Å². The molecule has 8 heteroatoms. The van der Waals surface area contributed by atoms with Gasteiger partial charge in [-0.1, -0.05) is 30.3 Å². The van der Waals surface area contributed by atoms with E-state index in [1.54, 1.807) is 11.1 Å². The van der Waals surface area contributed by atoms with Crippen LogP contribution < -0.4 is 4.90 Å². The first-order valence-corrected chi connectivity index (χ1v) is 12.6. The average Bonchev–Trinajstić information content (AvgIpc) is 3.80. The molecular weight excluding hydrogens is 447 g/mol. The average molecular weight is 479 g/mol. The molecule has 0 saturated heterocycles. The second-order valence-corrected chi connectivity index (χ2v) is 9.58. The molecule has 2 fully saturated rings. The van der Waals surface area contributed by atoms with Gasteiger partial charge < -0.3 is 13.8 Å². The van der Waals surface area contributed by atoms with Gasteiger partial charge in [-0.2, -0.15) is 4.98 Å². The molecule has 0 aliphatic heterocycles. The lowest BCUT2D eigenvalue weighted by Crippen LogP contribution is -2.31. The Balaban J connectivity index is 1.21. The second-order valence-electron chi connectivity index (χ2n) is 9.58. The maximum atomic E-state index is 13.3. The fourth-order valence-electron chi connectivity index (χ4n) is 4.14. The predicted molar refractivity (Wildman–Crippen MR) is 130 cm³/mol. The van der Waals surface area contributed by atoms with Gasteiger partial charge in [0.25, 0.3) is 0 Å². The Morgan fingerprint density at radius 1 is 1.11 bits per heavy atom. The summed E-state index contributed by atoms with van der Waals surface area (Å²) in [6.07, 6.45) is 9.76. The number of allylic oxidation sites excluding steroid dienone is 1. The van der Waals surface area contributed by atoms with Gasteiger partial charge in [0.05, 0.1) is 12.0 Å². The highest BCUT2D eigenvalue weighted by Gasteiger charge is 2.29. The molecule has 2 aliphatic rings. The number of anilines is 1. The first kappa shape index (κ1) is 23.5. The van der Waals surface area contributed by atoms with Gasteiger partial charge in [-0.05, 0) is 50.7 Å². The van der Waals surface area contributed by atoms with Crippen molar-refractivity contribution >= 4 is 11.6 Å². The van der Waals surface area contributed by atoms with Gasteiger partial charge >= 0.3 is 0 Å². The van der Waals surface area contributed by atoms with Crippen molar-refractivity contribution in [2.75, 3.05) is 11.4 Å². The zero-order valence-corrected chi connectivity index (χ0v) is 19.9. The molecule has 3 aromatic rings. The van der Waals surface area contributed by atoms with Gasteiger partial charge in [-0.15, -0.1) is 0 Å². The quantitative estimate of drug-likeness (QED) is 0.261. The summed E-state index contributed by atoms with van der Waals surface area (Å²) in [6.45, 7) is 3.83. The summed E-state index contributed by atoms with van der Waals surface area (Å²) in [5, 5.41) is 4.06. The SMILES string of the molecule is C=C(F)CCC(=O)N(CCCCCc1nc(C2CC2)no1)c1cccc(-c2cnc(C3CC3)o2)c1. The van der Waals surface area contributed by atoms with Gasteiger partial charge in [0.1, 0.15) is 0 Å². The van der Waals surface area contributed by atoms with E-state index in [0.29, 0.717) is 30.0 Å². The number of rotatable bonds is 13. The Morgan fingerprint density at radius 3 is 2.71 bits per heavy atom. The van der Waals surface area contributed by atoms with E-state index in [9.17, 15) is 9.18 Å². The minimum atomic E-state index is -0.480. The molecule has 2 saturated carbocycles. The van der Waals surface area contributed by atoms with Crippen LogP contribution in [-0.2, 0) is 11.2 Å². The predicted octanol–water partition coefficient (Wildman–Crippen LogP) is 6.49. The molecular formula is C27H31FN4O3. The molecule has 0 radical (unpaired) electrons. The van der Waals surface area contributed by atoms with Crippen molar-refractivity contribution < 1.29 is 18.1 Å². The third-order valence-corrected chi connectivity index (χ3v) is 6.50. The summed E-state index contributed by atoms with van der Waals surface area (Å²) in [5.74, 6) is 3.32. The number of oxazole rings is 1. The summed E-state index contributed by atoms with van der Waals surface area (Å²) in [7, 11) is 0. The first-order chi connectivity index (χ1) is 17.1. The number of nitrogens with zero attached hydrogens (tertiary/aromatic N) is 4. The molecule has 0 unspecified atom stereocenters. The van der Waals surface area contributed by atoms with Crippen molar-refractivity contribution in [1.29, 1.82) is 0 Å². The van der Waals surface area contributed by atoms with Crippen LogP contribution in [0.4, 0.5) is 10.1 Å². The van der Waals surface area contributed by atoms with Crippen LogP contribution in [0.5, 0.6) is 0 Å². The number of unbranched alkanes of at least 4 members (excludes halogenated alkanes) is 2. The molecule has 0 spiro atoms. The van der Waals surface area contributed by atoms with Crippen LogP contribution in [0.15, 0.2) is 51.8 Å². The van der Waals surface area contributed by atoms with E-state index in [2.05, 4.69) is 21.7 Å². The largest absolute Gasteiger partial charge is 0.440 e. The fraction of sp³-hybridized carbons (Fsp3) is 0.481. The lowest BCUT2D eigenvalue weighted by Gasteiger charge is -2.23. The number of amides is 1. The van der Waals surface area contributed by atoms with E-state index in [0.717, 1.165) is 74.3 Å². The number of benzene rings is 1. The Labute approximate surface area is 204 Å². The van der Waals surface area contributed by atoms with Crippen LogP contribution in [0.2, 0.25) is 0 Å². The summed E-state index contributed by atoms with van der Waals surface area (Å²) < 4.78 is 24.5. The number of aromatic nitrogens is 3. The van der Waals surface area contributed by atoms with E-state index in [-0.39, 0.29) is 18.7 Å². The fourth-order valence-corrected chi connectivity index (χ4v) is 4.14. The number of aryl methyl sites for hydroxylation is 1. The summed E-state index contributed by atoms with van der Waals surface area (Å²) in [6, 6.07) is 7.71. The highest BCUT2D eigenvalue weighted by molar-refractivity contribution is 5.94. The Hall–Kier alpha value is -3.29. The van der Waals surface area contributed by atoms with Crippen LogP contribution in [-0.4, -0.2) is 27.6 Å². The molecule has 2 aliphatic carbocycles. The molecule has 2 aromatic heterocycles. The minimum Gasteiger partial charge on any atom is -0.440 e. The lowest BCUT2D eigenvalue weighted by atomic mass is 10.1. The Morgan fingerprint density at radius 2 is 1.94 bits per heavy atom. The van der Waals surface area contributed by atoms with Crippen molar-refractivity contribution in [3.63, 3.8) is 0 Å². The van der Waals surface area contributed by atoms with Crippen molar-refractivity contribution in [3.05, 3.63) is 60.5 Å². The third kappa shape index (κ3) is 6.24. The van der Waals surface area contributed by atoms with E-state index in [4.69, 9.17) is 8.94 Å². The van der Waals surface area contributed by atoms with Gasteiger partial charge in [-0.25, -0.2) is 9.37 Å². The first-order valence-electron chi connectivity index (χ1n) is 12.6. The van der Waals surface area contributed by atoms with Crippen LogP contribution >= 0.6 is 0 Å². The third-order valence-electron chi connectivity index (χ3n) is 6.50. The van der Waals surface area contributed by atoms with Gasteiger partial charge in [0.2, 0.25) is 11.8 Å². The molecule has 1 amide bonds. The maximum absolute atomic E-state index is 13.3. The molecule has 7 nitrogen and oxygen atoms in total. The van der Waals surface area contributed by atoms with Crippen LogP contribution in [0.3, 0.4) is 0 Å². The molecule has 0 bridgehead atoms. The number of carbonyl (C=O) groups excluding carboxylic acids is 1. The normalized spacial score (nSPS) is 15.3. The monoisotopic (exact) mass is 478 g/mol. The summed E-state index contributed by atoms with van der Waals surface area (Å²) in [4.78, 5) is 23.6. The van der Waals surface area contributed by atoms with Gasteiger partial charge in [0.15, 0.2) is 17.5 Å². The molecule has 2 heterocycles. The number of hydrogen-bond donors (Lipinski definition) is 0. The standard InChI is InChI=1S/C27H31FN4O3/c1-18(28)9-14-25(33)32(15-4-2-3-8-24-30-26(31-35-24)19-10-11-19)22-7-5-6-21(16-22)23-17-29-27(34-23)20-12-13-20/h5-7,16-17,19-20H,1-4,8-15H2. The van der Waals surface area contributed by atoms with Gasteiger partial charge in [0, 0.05) is 48.9 Å². The highest BCUT2D eigenvalue weighted by atomic mass is 19.1. The number of halogens is 1. The number of carbonyl (C=O) groups is 1. The van der Waals surface area contributed by atoms with Crippen molar-refractivity contribution in [1.82, 2.24) is 15.1 Å². The van der Waals surface area contributed by atoms with E-state index in [1.165, 1.54) is 0 Å². The van der Waals surface area contributed by atoms with Crippen LogP contribution in [0.1, 0.15) is 87.2 Å². The molecule has 35 heavy (non-hydrogen) atoms. The van der Waals surface area contributed by atoms with E-state index in [1.807, 2.05) is 24.3 Å². The molecule has 5 rings (SSSR count). The second kappa shape index (κ2) is 10.5. The van der Waals surface area contributed by atoms with E-state index < -0.39 is 5.83 Å². The molecule has 0 atom stereocenters. The van der Waals surface area contributed by atoms with Crippen LogP contribution in [0.25, 0.3) is 11.3 Å². The van der Waals surface area contributed by atoms with Crippen LogP contribution in [0, 0.1) is 0 Å². The Bertz CT molecular complexity index is 1180. The minimum absolute atomic E-state index is 0.0301. The zero-order valence-electron chi connectivity index (χ0n) is 19.9. The number of hydrogen-bond acceptors (Lipinski definition) is 6. The van der Waals surface area contributed by atoms with Crippen molar-refractivity contribution in [2.24, 2.45) is 0 Å². The Kier molecular flexibility index (Phi) is 7.06.